The molecule has 5 rings (SSSR count). The number of hydrogen-bond acceptors (Lipinski definition) is 8. The molecule has 1 aliphatic carbocycles. The number of rotatable bonds is 9. The van der Waals surface area contributed by atoms with Crippen LogP contribution in [0.3, 0.4) is 0 Å². The Hall–Kier alpha value is -4.72. The molecule has 1 heterocycles. The van der Waals surface area contributed by atoms with Gasteiger partial charge in [0.05, 0.1) is 19.8 Å². The lowest BCUT2D eigenvalue weighted by molar-refractivity contribution is -0.140. The highest BCUT2D eigenvalue weighted by Gasteiger charge is 2.41. The third-order valence-electron chi connectivity index (χ3n) is 7.50. The van der Waals surface area contributed by atoms with Crippen molar-refractivity contribution < 1.29 is 33.6 Å². The van der Waals surface area contributed by atoms with Crippen LogP contribution in [-0.2, 0) is 14.3 Å². The van der Waals surface area contributed by atoms with E-state index in [4.69, 9.17) is 18.9 Å². The summed E-state index contributed by atoms with van der Waals surface area (Å²) < 4.78 is 22.0. The molecule has 0 spiro atoms. The van der Waals surface area contributed by atoms with E-state index in [9.17, 15) is 14.7 Å². The second-order valence-corrected chi connectivity index (χ2v) is 10.0. The molecule has 41 heavy (non-hydrogen) atoms. The second-order valence-electron chi connectivity index (χ2n) is 10.0. The number of dihydropyridines is 1. The number of phenols is 1. The average Bonchev–Trinajstić information content (AvgIpc) is 2.99. The smallest absolute Gasteiger partial charge is 0.336 e. The number of allylic oxidation sites excluding steroid dienone is 3. The van der Waals surface area contributed by atoms with Gasteiger partial charge in [0, 0.05) is 29.3 Å². The lowest BCUT2D eigenvalue weighted by Gasteiger charge is -2.36. The van der Waals surface area contributed by atoms with Gasteiger partial charge in [-0.25, -0.2) is 4.79 Å². The van der Waals surface area contributed by atoms with Crippen LogP contribution in [0.4, 0.5) is 0 Å². The number of aromatic hydroxyl groups is 1. The highest BCUT2D eigenvalue weighted by molar-refractivity contribution is 6.04. The summed E-state index contributed by atoms with van der Waals surface area (Å²) in [6.07, 6.45) is 0.897. The van der Waals surface area contributed by atoms with Gasteiger partial charge in [-0.2, -0.15) is 0 Å². The van der Waals surface area contributed by atoms with Crippen LogP contribution in [0.1, 0.15) is 42.7 Å². The van der Waals surface area contributed by atoms with Gasteiger partial charge in [-0.1, -0.05) is 36.4 Å². The van der Waals surface area contributed by atoms with E-state index in [0.29, 0.717) is 41.0 Å². The zero-order valence-electron chi connectivity index (χ0n) is 23.3. The van der Waals surface area contributed by atoms with Gasteiger partial charge < -0.3 is 29.4 Å². The van der Waals surface area contributed by atoms with Crippen LogP contribution in [0.25, 0.3) is 0 Å². The van der Waals surface area contributed by atoms with Crippen molar-refractivity contribution >= 4 is 11.8 Å². The minimum absolute atomic E-state index is 0.0221. The molecule has 0 radical (unpaired) electrons. The zero-order valence-corrected chi connectivity index (χ0v) is 23.3. The predicted octanol–water partition coefficient (Wildman–Crippen LogP) is 5.39. The number of ketones is 1. The van der Waals surface area contributed by atoms with Crippen LogP contribution in [0, 0.1) is 0 Å². The van der Waals surface area contributed by atoms with Crippen molar-refractivity contribution in [2.24, 2.45) is 0 Å². The molecule has 0 amide bonds. The topological polar surface area (TPSA) is 103 Å². The number of ether oxygens (including phenoxy) is 4. The Kier molecular flexibility index (Phi) is 8.29. The van der Waals surface area contributed by atoms with E-state index in [2.05, 4.69) is 5.32 Å². The van der Waals surface area contributed by atoms with Crippen molar-refractivity contribution in [3.63, 3.8) is 0 Å². The molecular weight excluding hydrogens is 522 g/mol. The van der Waals surface area contributed by atoms with Crippen LogP contribution in [0.15, 0.2) is 95.3 Å². The van der Waals surface area contributed by atoms with E-state index >= 15 is 0 Å². The Morgan fingerprint density at radius 1 is 0.902 bits per heavy atom. The number of esters is 1. The Balaban J connectivity index is 1.44. The molecule has 212 valence electrons. The van der Waals surface area contributed by atoms with Crippen LogP contribution >= 0.6 is 0 Å². The first-order valence-electron chi connectivity index (χ1n) is 13.5. The van der Waals surface area contributed by atoms with Gasteiger partial charge in [-0.05, 0) is 66.8 Å². The number of carbonyl (C=O) groups excluding carboxylic acids is 2. The normalized spacial score (nSPS) is 18.4. The van der Waals surface area contributed by atoms with Gasteiger partial charge in [0.2, 0.25) is 0 Å². The number of hydrogen-bond donors (Lipinski definition) is 2. The van der Waals surface area contributed by atoms with Crippen LogP contribution in [-0.4, -0.2) is 44.3 Å². The van der Waals surface area contributed by atoms with Gasteiger partial charge in [-0.3, -0.25) is 4.79 Å². The standard InChI is InChI=1S/C33H33NO7/c1-20-30(33(37)41-16-15-40-25-7-5-4-6-8-25)31(22-11-14-27(35)29(19-22)39-3)32-26(34-20)17-23(18-28(32)36)21-9-12-24(38-2)13-10-21/h4-14,19,23,31,34-35H,15-18H2,1-3H3/t23-,31+/m1/s1. The van der Waals surface area contributed by atoms with E-state index in [1.165, 1.54) is 13.2 Å². The summed E-state index contributed by atoms with van der Waals surface area (Å²) >= 11 is 0. The summed E-state index contributed by atoms with van der Waals surface area (Å²) in [6, 6.07) is 21.9. The van der Waals surface area contributed by atoms with Gasteiger partial charge in [-0.15, -0.1) is 0 Å². The van der Waals surface area contributed by atoms with Crippen molar-refractivity contribution in [2.75, 3.05) is 27.4 Å². The minimum atomic E-state index is -0.687. The van der Waals surface area contributed by atoms with Crippen molar-refractivity contribution in [3.8, 4) is 23.0 Å². The van der Waals surface area contributed by atoms with Gasteiger partial charge in [0.15, 0.2) is 17.3 Å². The molecule has 0 fully saturated rings. The number of phenolic OH excluding ortho intramolecular Hbond substituents is 1. The summed E-state index contributed by atoms with van der Waals surface area (Å²) in [6.45, 7) is 2.03. The van der Waals surface area contributed by atoms with E-state index in [1.54, 1.807) is 19.2 Å². The SMILES string of the molecule is COc1ccc([C@H]2CC(=O)C3=C(C2)NC(C)=C(C(=O)OCCOc2ccccc2)[C@@H]3c2ccc(O)c(OC)c2)cc1. The summed E-state index contributed by atoms with van der Waals surface area (Å²) in [5.41, 5.74) is 3.95. The fourth-order valence-electron chi connectivity index (χ4n) is 5.52. The summed E-state index contributed by atoms with van der Waals surface area (Å²) in [5, 5.41) is 13.6. The number of nitrogens with one attached hydrogen (secondary N) is 1. The van der Waals surface area contributed by atoms with E-state index in [0.717, 1.165) is 17.0 Å². The van der Waals surface area contributed by atoms with Crippen LogP contribution in [0.2, 0.25) is 0 Å². The number of methoxy groups -OCH3 is 2. The van der Waals surface area contributed by atoms with Crippen LogP contribution in [0.5, 0.6) is 23.0 Å². The molecule has 0 bridgehead atoms. The minimum Gasteiger partial charge on any atom is -0.504 e. The molecule has 8 nitrogen and oxygen atoms in total. The second kappa shape index (κ2) is 12.2. The first-order chi connectivity index (χ1) is 19.9. The fourth-order valence-corrected chi connectivity index (χ4v) is 5.52. The number of para-hydroxylation sites is 1. The molecular formula is C33H33NO7. The Bertz CT molecular complexity index is 1490. The average molecular weight is 556 g/mol. The third kappa shape index (κ3) is 5.91. The maximum absolute atomic E-state index is 13.8. The zero-order chi connectivity index (χ0) is 28.9. The monoisotopic (exact) mass is 555 g/mol. The van der Waals surface area contributed by atoms with Crippen molar-refractivity contribution in [3.05, 3.63) is 106 Å². The maximum Gasteiger partial charge on any atom is 0.336 e. The summed E-state index contributed by atoms with van der Waals surface area (Å²) in [4.78, 5) is 27.4. The molecule has 0 aromatic heterocycles. The molecule has 0 unspecified atom stereocenters. The van der Waals surface area contributed by atoms with Crippen molar-refractivity contribution in [2.45, 2.75) is 31.6 Å². The first kappa shape index (κ1) is 27.8. The highest BCUT2D eigenvalue weighted by atomic mass is 16.6. The molecule has 0 saturated carbocycles. The Morgan fingerprint density at radius 2 is 1.63 bits per heavy atom. The van der Waals surface area contributed by atoms with Gasteiger partial charge in [0.1, 0.15) is 24.7 Å². The molecule has 3 aromatic rings. The molecule has 2 atom stereocenters. The lowest BCUT2D eigenvalue weighted by atomic mass is 9.71. The molecule has 8 heteroatoms. The third-order valence-corrected chi connectivity index (χ3v) is 7.50. The van der Waals surface area contributed by atoms with Crippen LogP contribution < -0.4 is 19.5 Å². The number of Topliss-reactive ketones (excluding diaryl/α,β-unsaturated/α-hetero) is 1. The molecule has 2 N–H and O–H groups in total. The molecule has 3 aromatic carbocycles. The fraction of sp³-hybridized carbons (Fsp3) is 0.273. The Morgan fingerprint density at radius 3 is 2.34 bits per heavy atom. The number of benzene rings is 3. The largest absolute Gasteiger partial charge is 0.504 e. The van der Waals surface area contributed by atoms with E-state index < -0.39 is 11.9 Å². The molecule has 2 aliphatic rings. The molecule has 1 aliphatic heterocycles. The van der Waals surface area contributed by atoms with E-state index in [-0.39, 0.29) is 36.4 Å². The van der Waals surface area contributed by atoms with Gasteiger partial charge in [0.25, 0.3) is 0 Å². The lowest BCUT2D eigenvalue weighted by Crippen LogP contribution is -2.36. The predicted molar refractivity (Wildman–Crippen MR) is 153 cm³/mol. The quantitative estimate of drug-likeness (QED) is 0.268. The summed E-state index contributed by atoms with van der Waals surface area (Å²) in [7, 11) is 3.08. The summed E-state index contributed by atoms with van der Waals surface area (Å²) in [5.74, 6) is 0.354. The first-order valence-corrected chi connectivity index (χ1v) is 13.5. The maximum atomic E-state index is 13.8. The van der Waals surface area contributed by atoms with E-state index in [1.807, 2.05) is 61.5 Å². The van der Waals surface area contributed by atoms with Gasteiger partial charge >= 0.3 is 5.97 Å². The Labute approximate surface area is 239 Å². The molecule has 0 saturated heterocycles. The number of carbonyl (C=O) groups is 2. The van der Waals surface area contributed by atoms with Crippen molar-refractivity contribution in [1.82, 2.24) is 5.32 Å². The highest BCUT2D eigenvalue weighted by Crippen LogP contribution is 2.47. The van der Waals surface area contributed by atoms with Crippen molar-refractivity contribution in [1.29, 1.82) is 0 Å².